The smallest absolute Gasteiger partial charge is 0.254 e. The number of hydrogen-bond acceptors (Lipinski definition) is 4. The first-order valence-electron chi connectivity index (χ1n) is 9.10. The molecule has 2 aromatic heterocycles. The lowest BCUT2D eigenvalue weighted by atomic mass is 10.1. The average Bonchev–Trinajstić information content (AvgIpc) is 3.11. The SMILES string of the molecule is Cc1nc2c(NC3c4ccccc4CC3O)cc(C(=O)N(C)C)cn2c1C. The number of carbonyl (C=O) groups excluding carboxylic acids is 1. The lowest BCUT2D eigenvalue weighted by Gasteiger charge is -2.21. The summed E-state index contributed by atoms with van der Waals surface area (Å²) in [6.07, 6.45) is 1.93. The van der Waals surface area contributed by atoms with E-state index in [-0.39, 0.29) is 11.9 Å². The van der Waals surface area contributed by atoms with E-state index in [9.17, 15) is 9.90 Å². The fraction of sp³-hybridized carbons (Fsp3) is 0.333. The number of rotatable bonds is 3. The van der Waals surface area contributed by atoms with Crippen molar-refractivity contribution in [3.05, 3.63) is 64.6 Å². The molecule has 0 bridgehead atoms. The highest BCUT2D eigenvalue weighted by atomic mass is 16.3. The molecule has 4 rings (SSSR count). The quantitative estimate of drug-likeness (QED) is 0.750. The van der Waals surface area contributed by atoms with Gasteiger partial charge < -0.3 is 19.7 Å². The van der Waals surface area contributed by atoms with Crippen molar-refractivity contribution in [2.45, 2.75) is 32.4 Å². The van der Waals surface area contributed by atoms with Gasteiger partial charge in [-0.3, -0.25) is 4.79 Å². The van der Waals surface area contributed by atoms with Crippen molar-refractivity contribution in [3.63, 3.8) is 0 Å². The zero-order chi connectivity index (χ0) is 19.3. The normalized spacial score (nSPS) is 18.6. The minimum absolute atomic E-state index is 0.0712. The molecule has 1 amide bonds. The Morgan fingerprint density at radius 2 is 2.04 bits per heavy atom. The summed E-state index contributed by atoms with van der Waals surface area (Å²) in [5.74, 6) is -0.0712. The van der Waals surface area contributed by atoms with E-state index in [1.165, 1.54) is 0 Å². The van der Waals surface area contributed by atoms with Crippen molar-refractivity contribution in [3.8, 4) is 0 Å². The zero-order valence-corrected chi connectivity index (χ0v) is 16.0. The number of pyridine rings is 1. The summed E-state index contributed by atoms with van der Waals surface area (Å²) in [6.45, 7) is 3.95. The second-order valence-electron chi connectivity index (χ2n) is 7.41. The molecule has 3 aromatic rings. The van der Waals surface area contributed by atoms with E-state index < -0.39 is 6.10 Å². The molecule has 0 aliphatic heterocycles. The van der Waals surface area contributed by atoms with Crippen molar-refractivity contribution in [1.29, 1.82) is 0 Å². The summed E-state index contributed by atoms with van der Waals surface area (Å²) in [5, 5.41) is 14.1. The molecule has 0 saturated carbocycles. The molecule has 0 radical (unpaired) electrons. The number of fused-ring (bicyclic) bond motifs is 2. The first-order valence-corrected chi connectivity index (χ1v) is 9.10. The van der Waals surface area contributed by atoms with Gasteiger partial charge in [0.2, 0.25) is 0 Å². The minimum Gasteiger partial charge on any atom is -0.390 e. The molecular formula is C21H24N4O2. The summed E-state index contributed by atoms with van der Waals surface area (Å²) >= 11 is 0. The van der Waals surface area contributed by atoms with Gasteiger partial charge in [-0.15, -0.1) is 0 Å². The predicted octanol–water partition coefficient (Wildman–Crippen LogP) is 2.72. The standard InChI is InChI=1S/C21H24N4O2/c1-12-13(2)25-11-15(21(27)24(3)4)9-17(20(25)22-12)23-19-16-8-6-5-7-14(16)10-18(19)26/h5-9,11,18-19,23,26H,10H2,1-4H3. The molecule has 6 nitrogen and oxygen atoms in total. The summed E-state index contributed by atoms with van der Waals surface area (Å²) in [5.41, 5.74) is 6.24. The molecule has 0 fully saturated rings. The Hall–Kier alpha value is -2.86. The molecule has 140 valence electrons. The van der Waals surface area contributed by atoms with Crippen LogP contribution < -0.4 is 5.32 Å². The second kappa shape index (κ2) is 6.39. The Balaban J connectivity index is 1.83. The third kappa shape index (κ3) is 2.86. The van der Waals surface area contributed by atoms with Crippen LogP contribution in [0.3, 0.4) is 0 Å². The molecule has 6 heteroatoms. The number of aromatic nitrogens is 2. The van der Waals surface area contributed by atoms with Gasteiger partial charge in [0.15, 0.2) is 5.65 Å². The molecule has 2 unspecified atom stereocenters. The number of hydrogen-bond donors (Lipinski definition) is 2. The van der Waals surface area contributed by atoms with Gasteiger partial charge in [0.1, 0.15) is 0 Å². The number of aryl methyl sites for hydroxylation is 2. The van der Waals surface area contributed by atoms with Crippen LogP contribution in [0.2, 0.25) is 0 Å². The number of anilines is 1. The Morgan fingerprint density at radius 1 is 1.30 bits per heavy atom. The molecule has 2 atom stereocenters. The van der Waals surface area contributed by atoms with Gasteiger partial charge in [-0.2, -0.15) is 0 Å². The molecule has 2 heterocycles. The van der Waals surface area contributed by atoms with E-state index in [0.29, 0.717) is 12.0 Å². The Kier molecular flexibility index (Phi) is 4.15. The summed E-state index contributed by atoms with van der Waals surface area (Å²) in [7, 11) is 3.48. The second-order valence-corrected chi connectivity index (χ2v) is 7.41. The first-order chi connectivity index (χ1) is 12.9. The topological polar surface area (TPSA) is 69.9 Å². The minimum atomic E-state index is -0.521. The number of benzene rings is 1. The maximum absolute atomic E-state index is 12.6. The number of amides is 1. The summed E-state index contributed by atoms with van der Waals surface area (Å²) in [4.78, 5) is 18.8. The molecule has 0 spiro atoms. The Morgan fingerprint density at radius 3 is 2.78 bits per heavy atom. The highest BCUT2D eigenvalue weighted by molar-refractivity contribution is 5.95. The van der Waals surface area contributed by atoms with Crippen LogP contribution in [0.5, 0.6) is 0 Å². The fourth-order valence-electron chi connectivity index (χ4n) is 3.77. The van der Waals surface area contributed by atoms with Crippen LogP contribution >= 0.6 is 0 Å². The maximum Gasteiger partial charge on any atom is 0.254 e. The van der Waals surface area contributed by atoms with Crippen molar-refractivity contribution in [2.24, 2.45) is 0 Å². The largest absolute Gasteiger partial charge is 0.390 e. The van der Waals surface area contributed by atoms with E-state index >= 15 is 0 Å². The van der Waals surface area contributed by atoms with E-state index in [1.807, 2.05) is 54.8 Å². The highest BCUT2D eigenvalue weighted by Crippen LogP contribution is 2.35. The summed E-state index contributed by atoms with van der Waals surface area (Å²) < 4.78 is 1.95. The lowest BCUT2D eigenvalue weighted by Crippen LogP contribution is -2.24. The number of imidazole rings is 1. The third-order valence-electron chi connectivity index (χ3n) is 5.36. The van der Waals surface area contributed by atoms with Gasteiger partial charge in [-0.25, -0.2) is 4.98 Å². The number of carbonyl (C=O) groups is 1. The number of aliphatic hydroxyl groups excluding tert-OH is 1. The third-order valence-corrected chi connectivity index (χ3v) is 5.36. The molecule has 1 aliphatic rings. The maximum atomic E-state index is 12.6. The van der Waals surface area contributed by atoms with Crippen LogP contribution in [0.15, 0.2) is 36.5 Å². The monoisotopic (exact) mass is 364 g/mol. The van der Waals surface area contributed by atoms with Gasteiger partial charge in [-0.05, 0) is 31.0 Å². The molecule has 1 aromatic carbocycles. The van der Waals surface area contributed by atoms with Crippen molar-refractivity contribution < 1.29 is 9.90 Å². The van der Waals surface area contributed by atoms with Crippen LogP contribution in [0.4, 0.5) is 5.69 Å². The molecule has 0 saturated heterocycles. The number of nitrogens with one attached hydrogen (secondary N) is 1. The fourth-order valence-corrected chi connectivity index (χ4v) is 3.77. The molecule has 2 N–H and O–H groups in total. The highest BCUT2D eigenvalue weighted by Gasteiger charge is 2.31. The van der Waals surface area contributed by atoms with Gasteiger partial charge >= 0.3 is 0 Å². The van der Waals surface area contributed by atoms with E-state index in [1.54, 1.807) is 19.0 Å². The predicted molar refractivity (Wildman–Crippen MR) is 105 cm³/mol. The van der Waals surface area contributed by atoms with Crippen LogP contribution in [-0.2, 0) is 6.42 Å². The van der Waals surface area contributed by atoms with Crippen LogP contribution in [0, 0.1) is 13.8 Å². The summed E-state index contributed by atoms with van der Waals surface area (Å²) in [6, 6.07) is 9.66. The van der Waals surface area contributed by atoms with Gasteiger partial charge in [0, 0.05) is 32.4 Å². The Labute approximate surface area is 158 Å². The van der Waals surface area contributed by atoms with Crippen LogP contribution in [0.25, 0.3) is 5.65 Å². The average molecular weight is 364 g/mol. The number of aliphatic hydroxyl groups is 1. The zero-order valence-electron chi connectivity index (χ0n) is 16.0. The first kappa shape index (κ1) is 17.5. The van der Waals surface area contributed by atoms with Crippen molar-refractivity contribution >= 4 is 17.2 Å². The Bertz CT molecular complexity index is 1040. The van der Waals surface area contributed by atoms with Crippen LogP contribution in [0.1, 0.15) is 38.9 Å². The molecule has 1 aliphatic carbocycles. The molecule has 27 heavy (non-hydrogen) atoms. The van der Waals surface area contributed by atoms with E-state index in [4.69, 9.17) is 0 Å². The van der Waals surface area contributed by atoms with Crippen LogP contribution in [-0.4, -0.2) is 45.5 Å². The van der Waals surface area contributed by atoms with Crippen molar-refractivity contribution in [1.82, 2.24) is 14.3 Å². The van der Waals surface area contributed by atoms with Gasteiger partial charge in [0.25, 0.3) is 5.91 Å². The molecular weight excluding hydrogens is 340 g/mol. The van der Waals surface area contributed by atoms with Crippen molar-refractivity contribution in [2.75, 3.05) is 19.4 Å². The van der Waals surface area contributed by atoms with E-state index in [2.05, 4.69) is 10.3 Å². The van der Waals surface area contributed by atoms with Gasteiger partial charge in [0.05, 0.1) is 29.1 Å². The van der Waals surface area contributed by atoms with E-state index in [0.717, 1.165) is 33.8 Å². The van der Waals surface area contributed by atoms with Gasteiger partial charge in [-0.1, -0.05) is 24.3 Å². The number of nitrogens with zero attached hydrogens (tertiary/aromatic N) is 3. The lowest BCUT2D eigenvalue weighted by molar-refractivity contribution is 0.0827.